The van der Waals surface area contributed by atoms with Crippen molar-refractivity contribution in [3.63, 3.8) is 0 Å². The molecule has 15 heavy (non-hydrogen) atoms. The van der Waals surface area contributed by atoms with E-state index >= 15 is 0 Å². The molecule has 0 spiro atoms. The fourth-order valence-electron chi connectivity index (χ4n) is 1.67. The molecule has 0 aliphatic heterocycles. The number of rotatable bonds is 2. The summed E-state index contributed by atoms with van der Waals surface area (Å²) in [6.07, 6.45) is 2.34. The zero-order chi connectivity index (χ0) is 11.0. The van der Waals surface area contributed by atoms with E-state index in [1.54, 1.807) is 0 Å². The summed E-state index contributed by atoms with van der Waals surface area (Å²) in [5.41, 5.74) is 0.938. The maximum absolute atomic E-state index is 11.5. The first-order chi connectivity index (χ1) is 7.19. The molecular weight excluding hydrogens is 198 g/mol. The predicted octanol–water partition coefficient (Wildman–Crippen LogP) is -0.0655. The topological polar surface area (TPSA) is 90.4 Å². The van der Waals surface area contributed by atoms with Gasteiger partial charge >= 0.3 is 0 Å². The molecule has 5 nitrogen and oxygen atoms in total. The van der Waals surface area contributed by atoms with Crippen LogP contribution in [0.3, 0.4) is 0 Å². The zero-order valence-corrected chi connectivity index (χ0v) is 7.78. The lowest BCUT2D eigenvalue weighted by atomic mass is 9.98. The first-order valence-electron chi connectivity index (χ1n) is 4.41. The molecule has 5 heteroatoms. The van der Waals surface area contributed by atoms with Gasteiger partial charge in [0.25, 0.3) is 0 Å². The number of aliphatic hydroxyl groups excluding tert-OH is 2. The second-order valence-corrected chi connectivity index (χ2v) is 3.21. The van der Waals surface area contributed by atoms with Gasteiger partial charge in [0, 0.05) is 11.3 Å². The molecule has 0 radical (unpaired) electrons. The lowest BCUT2D eigenvalue weighted by Crippen LogP contribution is -2.11. The third-order valence-corrected chi connectivity index (χ3v) is 2.39. The molecule has 3 N–H and O–H groups in total. The molecule has 0 amide bonds. The molecule has 2 rings (SSSR count). The average molecular weight is 207 g/mol. The van der Waals surface area contributed by atoms with Crippen molar-refractivity contribution in [3.05, 3.63) is 34.7 Å². The summed E-state index contributed by atoms with van der Waals surface area (Å²) in [6, 6.07) is 0. The fraction of sp³-hybridized carbons (Fsp3) is 0.200. The van der Waals surface area contributed by atoms with Crippen LogP contribution in [0.1, 0.15) is 32.1 Å². The number of allylic oxidation sites excluding steroid dienone is 2. The van der Waals surface area contributed by atoms with Crippen LogP contribution in [0.4, 0.5) is 0 Å². The van der Waals surface area contributed by atoms with Crippen molar-refractivity contribution < 1.29 is 19.8 Å². The Morgan fingerprint density at radius 2 is 1.73 bits per heavy atom. The number of carbonyl (C=O) groups excluding carboxylic acids is 2. The van der Waals surface area contributed by atoms with Gasteiger partial charge in [-0.1, -0.05) is 0 Å². The van der Waals surface area contributed by atoms with Gasteiger partial charge in [-0.05, 0) is 12.2 Å². The van der Waals surface area contributed by atoms with Gasteiger partial charge in [-0.25, -0.2) is 0 Å². The van der Waals surface area contributed by atoms with Crippen molar-refractivity contribution in [2.24, 2.45) is 0 Å². The van der Waals surface area contributed by atoms with Crippen LogP contribution in [-0.4, -0.2) is 26.8 Å². The Hall–Kier alpha value is -1.72. The number of ketones is 2. The highest BCUT2D eigenvalue weighted by Crippen LogP contribution is 2.24. The van der Waals surface area contributed by atoms with Crippen LogP contribution in [-0.2, 0) is 13.2 Å². The van der Waals surface area contributed by atoms with Crippen molar-refractivity contribution in [1.82, 2.24) is 4.98 Å². The highest BCUT2D eigenvalue weighted by molar-refractivity contribution is 6.22. The van der Waals surface area contributed by atoms with E-state index in [0.29, 0.717) is 11.3 Å². The van der Waals surface area contributed by atoms with Crippen LogP contribution >= 0.6 is 0 Å². The maximum Gasteiger partial charge on any atom is 0.202 e. The Labute approximate surface area is 85.0 Å². The van der Waals surface area contributed by atoms with E-state index in [4.69, 9.17) is 10.2 Å². The number of H-pyrrole nitrogens is 1. The number of fused-ring (bicyclic) bond motifs is 1. The molecule has 1 aliphatic carbocycles. The number of carbonyl (C=O) groups is 2. The number of hydrogen-bond acceptors (Lipinski definition) is 4. The highest BCUT2D eigenvalue weighted by Gasteiger charge is 2.26. The van der Waals surface area contributed by atoms with Crippen molar-refractivity contribution >= 4 is 11.6 Å². The van der Waals surface area contributed by atoms with E-state index in [1.165, 1.54) is 12.2 Å². The second-order valence-electron chi connectivity index (χ2n) is 3.21. The van der Waals surface area contributed by atoms with Crippen LogP contribution in [0.2, 0.25) is 0 Å². The largest absolute Gasteiger partial charge is 0.392 e. The molecule has 0 fully saturated rings. The minimum Gasteiger partial charge on any atom is -0.392 e. The van der Waals surface area contributed by atoms with E-state index in [0.717, 1.165) is 0 Å². The number of hydrogen-bond donors (Lipinski definition) is 3. The minimum atomic E-state index is -0.380. The van der Waals surface area contributed by atoms with Gasteiger partial charge < -0.3 is 15.2 Å². The van der Waals surface area contributed by atoms with Crippen molar-refractivity contribution in [3.8, 4) is 0 Å². The quantitative estimate of drug-likeness (QED) is 0.633. The molecule has 0 aromatic carbocycles. The second kappa shape index (κ2) is 3.45. The van der Waals surface area contributed by atoms with E-state index in [2.05, 4.69) is 4.98 Å². The fourth-order valence-corrected chi connectivity index (χ4v) is 1.67. The normalized spacial score (nSPS) is 14.5. The Balaban J connectivity index is 2.68. The van der Waals surface area contributed by atoms with Gasteiger partial charge in [-0.3, -0.25) is 9.59 Å². The molecule has 1 heterocycles. The lowest BCUT2D eigenvalue weighted by molar-refractivity contribution is 0.0990. The molecule has 78 valence electrons. The predicted molar refractivity (Wildman–Crippen MR) is 50.4 cm³/mol. The third-order valence-electron chi connectivity index (χ3n) is 2.39. The molecule has 1 aromatic rings. The minimum absolute atomic E-state index is 0.149. The van der Waals surface area contributed by atoms with Crippen LogP contribution in [0, 0.1) is 0 Å². The Morgan fingerprint density at radius 1 is 1.07 bits per heavy atom. The Bertz CT molecular complexity index is 470. The Morgan fingerprint density at radius 3 is 2.33 bits per heavy atom. The molecule has 0 saturated carbocycles. The summed E-state index contributed by atoms with van der Waals surface area (Å²) in [5, 5.41) is 18.1. The third kappa shape index (κ3) is 1.33. The smallest absolute Gasteiger partial charge is 0.202 e. The first kappa shape index (κ1) is 9.82. The van der Waals surface area contributed by atoms with Crippen LogP contribution < -0.4 is 0 Å². The van der Waals surface area contributed by atoms with E-state index in [1.807, 2.05) is 0 Å². The molecule has 1 aromatic heterocycles. The highest BCUT2D eigenvalue weighted by atomic mass is 16.3. The van der Waals surface area contributed by atoms with E-state index < -0.39 is 0 Å². The van der Waals surface area contributed by atoms with Gasteiger partial charge in [0.05, 0.1) is 24.5 Å². The van der Waals surface area contributed by atoms with Crippen molar-refractivity contribution in [1.29, 1.82) is 0 Å². The number of aromatic nitrogens is 1. The molecule has 0 unspecified atom stereocenters. The van der Waals surface area contributed by atoms with Crippen LogP contribution in [0.5, 0.6) is 0 Å². The molecule has 0 saturated heterocycles. The van der Waals surface area contributed by atoms with Gasteiger partial charge in [0.2, 0.25) is 5.78 Å². The molecule has 0 bridgehead atoms. The van der Waals surface area contributed by atoms with Crippen LogP contribution in [0.15, 0.2) is 12.2 Å². The van der Waals surface area contributed by atoms with Gasteiger partial charge in [-0.15, -0.1) is 0 Å². The summed E-state index contributed by atoms with van der Waals surface area (Å²) in [5.74, 6) is -0.649. The summed E-state index contributed by atoms with van der Waals surface area (Å²) < 4.78 is 0. The van der Waals surface area contributed by atoms with Crippen molar-refractivity contribution in [2.75, 3.05) is 0 Å². The van der Waals surface area contributed by atoms with E-state index in [-0.39, 0.29) is 36.0 Å². The lowest BCUT2D eigenvalue weighted by Gasteiger charge is -2.04. The van der Waals surface area contributed by atoms with Crippen molar-refractivity contribution in [2.45, 2.75) is 13.2 Å². The number of nitrogens with one attached hydrogen (secondary N) is 1. The zero-order valence-electron chi connectivity index (χ0n) is 7.78. The first-order valence-corrected chi connectivity index (χ1v) is 4.41. The van der Waals surface area contributed by atoms with Gasteiger partial charge in [-0.2, -0.15) is 0 Å². The summed E-state index contributed by atoms with van der Waals surface area (Å²) >= 11 is 0. The molecular formula is C10H9NO4. The van der Waals surface area contributed by atoms with E-state index in [9.17, 15) is 9.59 Å². The summed E-state index contributed by atoms with van der Waals surface area (Å²) in [4.78, 5) is 25.5. The SMILES string of the molecule is O=C1C=CC(=O)c2c1[nH]c(CO)c2CO. The summed E-state index contributed by atoms with van der Waals surface area (Å²) in [7, 11) is 0. The summed E-state index contributed by atoms with van der Waals surface area (Å²) in [6.45, 7) is -0.724. The monoisotopic (exact) mass is 207 g/mol. The standard InChI is InChI=1S/C10H9NO4/c12-3-5-6(4-13)11-10-8(15)2-1-7(14)9(5)10/h1-2,11-13H,3-4H2. The molecule has 1 aliphatic rings. The Kier molecular flexibility index (Phi) is 2.26. The van der Waals surface area contributed by atoms with Gasteiger partial charge in [0.1, 0.15) is 0 Å². The van der Waals surface area contributed by atoms with Gasteiger partial charge in [0.15, 0.2) is 5.78 Å². The maximum atomic E-state index is 11.5. The number of aromatic amines is 1. The van der Waals surface area contributed by atoms with Crippen LogP contribution in [0.25, 0.3) is 0 Å². The average Bonchev–Trinajstić information content (AvgIpc) is 2.63. The number of aliphatic hydroxyl groups is 2. The molecule has 0 atom stereocenters.